The van der Waals surface area contributed by atoms with Crippen LogP contribution in [0.4, 0.5) is 5.69 Å². The summed E-state index contributed by atoms with van der Waals surface area (Å²) in [4.78, 5) is 6.01. The number of nitrogens with one attached hydrogen (secondary N) is 2. The quantitative estimate of drug-likeness (QED) is 0.552. The molecule has 0 spiro atoms. The lowest BCUT2D eigenvalue weighted by atomic mass is 10.0. The molecule has 1 aromatic heterocycles. The molecule has 0 fully saturated rings. The highest BCUT2D eigenvalue weighted by Crippen LogP contribution is 2.33. The van der Waals surface area contributed by atoms with Gasteiger partial charge in [-0.1, -0.05) is 48.5 Å². The molecule has 0 unspecified atom stereocenters. The minimum atomic E-state index is -3.72. The fourth-order valence-electron chi connectivity index (χ4n) is 4.11. The first-order chi connectivity index (χ1) is 13.5. The monoisotopic (exact) mass is 391 g/mol. The van der Waals surface area contributed by atoms with Gasteiger partial charge in [0.15, 0.2) is 0 Å². The number of anilines is 1. The van der Waals surface area contributed by atoms with Crippen molar-refractivity contribution >= 4 is 37.4 Å². The Labute approximate surface area is 164 Å². The van der Waals surface area contributed by atoms with Crippen molar-refractivity contribution < 1.29 is 8.42 Å². The van der Waals surface area contributed by atoms with Crippen LogP contribution in [0.5, 0.6) is 0 Å². The Hall–Kier alpha value is -2.83. The summed E-state index contributed by atoms with van der Waals surface area (Å²) in [6.45, 7) is 1.85. The number of likely N-dealkylation sites (N-methyl/N-ethyl adjacent to an activating group) is 1. The molecule has 2 N–H and O–H groups in total. The third-order valence-corrected chi connectivity index (χ3v) is 6.91. The third-order valence-electron chi connectivity index (χ3n) is 5.48. The minimum Gasteiger partial charge on any atom is -0.355 e. The van der Waals surface area contributed by atoms with Gasteiger partial charge in [0.05, 0.1) is 16.1 Å². The number of para-hydroxylation sites is 1. The number of fused-ring (bicyclic) bond motifs is 4. The molecule has 4 aromatic rings. The van der Waals surface area contributed by atoms with E-state index in [1.165, 1.54) is 11.3 Å². The van der Waals surface area contributed by atoms with E-state index in [9.17, 15) is 8.42 Å². The summed E-state index contributed by atoms with van der Waals surface area (Å²) in [5, 5.41) is 2.72. The van der Waals surface area contributed by atoms with E-state index in [0.717, 1.165) is 41.2 Å². The van der Waals surface area contributed by atoms with Crippen LogP contribution < -0.4 is 4.72 Å². The van der Waals surface area contributed by atoms with Gasteiger partial charge in [-0.15, -0.1) is 0 Å². The second-order valence-electron chi connectivity index (χ2n) is 7.38. The van der Waals surface area contributed by atoms with E-state index in [4.69, 9.17) is 0 Å². The minimum absolute atomic E-state index is 0.290. The van der Waals surface area contributed by atoms with Crippen molar-refractivity contribution in [3.8, 4) is 0 Å². The van der Waals surface area contributed by atoms with E-state index < -0.39 is 10.0 Å². The molecule has 1 aliphatic heterocycles. The molecule has 5 nitrogen and oxygen atoms in total. The maximum Gasteiger partial charge on any atom is 0.262 e. The zero-order valence-corrected chi connectivity index (χ0v) is 16.4. The number of benzene rings is 3. The summed E-state index contributed by atoms with van der Waals surface area (Å²) in [7, 11) is -1.63. The van der Waals surface area contributed by atoms with Gasteiger partial charge in [0, 0.05) is 29.6 Å². The van der Waals surface area contributed by atoms with Crippen LogP contribution in [-0.2, 0) is 23.0 Å². The molecule has 0 saturated heterocycles. The van der Waals surface area contributed by atoms with Crippen molar-refractivity contribution in [2.45, 2.75) is 17.9 Å². The lowest BCUT2D eigenvalue weighted by molar-refractivity contribution is 0.310. The van der Waals surface area contributed by atoms with Crippen LogP contribution in [0, 0.1) is 0 Å². The summed E-state index contributed by atoms with van der Waals surface area (Å²) < 4.78 is 29.3. The molecular weight excluding hydrogens is 370 g/mol. The number of sulfonamides is 1. The molecule has 28 heavy (non-hydrogen) atoms. The molecule has 142 valence electrons. The molecule has 0 aliphatic carbocycles. The number of H-pyrrole nitrogens is 1. The van der Waals surface area contributed by atoms with Gasteiger partial charge in [-0.2, -0.15) is 0 Å². The number of aromatic amines is 1. The Morgan fingerprint density at radius 3 is 2.61 bits per heavy atom. The summed E-state index contributed by atoms with van der Waals surface area (Å²) in [6.07, 6.45) is 0.964. The van der Waals surface area contributed by atoms with Gasteiger partial charge in [0.25, 0.3) is 10.0 Å². The van der Waals surface area contributed by atoms with Crippen LogP contribution in [0.25, 0.3) is 21.7 Å². The predicted molar refractivity (Wildman–Crippen MR) is 113 cm³/mol. The van der Waals surface area contributed by atoms with Crippen molar-refractivity contribution in [3.63, 3.8) is 0 Å². The number of hydrogen-bond acceptors (Lipinski definition) is 3. The standard InChI is InChI=1S/C22H21N3O2S/c1-25-13-12-17-18-9-5-10-19(22(18)23-20(17)14-25)24-28(26,27)21-11-4-7-15-6-2-3-8-16(15)21/h2-11,23-24H,12-14H2,1H3. The number of nitrogens with zero attached hydrogens (tertiary/aromatic N) is 1. The molecule has 0 bridgehead atoms. The Bertz CT molecular complexity index is 1300. The van der Waals surface area contributed by atoms with E-state index in [-0.39, 0.29) is 0 Å². The predicted octanol–water partition coefficient (Wildman–Crippen LogP) is 4.11. The molecule has 3 aromatic carbocycles. The van der Waals surface area contributed by atoms with E-state index >= 15 is 0 Å². The largest absolute Gasteiger partial charge is 0.355 e. The zero-order chi connectivity index (χ0) is 19.3. The maximum atomic E-state index is 13.2. The SMILES string of the molecule is CN1CCc2c([nH]c3c(NS(=O)(=O)c4cccc5ccccc45)cccc23)C1. The van der Waals surface area contributed by atoms with Gasteiger partial charge in [-0.3, -0.25) is 4.72 Å². The van der Waals surface area contributed by atoms with Crippen LogP contribution in [0.1, 0.15) is 11.3 Å². The Morgan fingerprint density at radius 2 is 1.71 bits per heavy atom. The normalized spacial score (nSPS) is 15.0. The van der Waals surface area contributed by atoms with Crippen molar-refractivity contribution in [3.05, 3.63) is 71.9 Å². The highest BCUT2D eigenvalue weighted by atomic mass is 32.2. The van der Waals surface area contributed by atoms with Crippen LogP contribution in [0.2, 0.25) is 0 Å². The topological polar surface area (TPSA) is 65.2 Å². The molecule has 6 heteroatoms. The first kappa shape index (κ1) is 17.3. The molecule has 0 amide bonds. The third kappa shape index (κ3) is 2.77. The van der Waals surface area contributed by atoms with Crippen LogP contribution in [0.3, 0.4) is 0 Å². The Balaban J connectivity index is 1.61. The van der Waals surface area contributed by atoms with Gasteiger partial charge in [-0.25, -0.2) is 8.42 Å². The smallest absolute Gasteiger partial charge is 0.262 e. The van der Waals surface area contributed by atoms with Crippen molar-refractivity contribution in [1.29, 1.82) is 0 Å². The zero-order valence-electron chi connectivity index (χ0n) is 15.6. The lowest BCUT2D eigenvalue weighted by Gasteiger charge is -2.22. The van der Waals surface area contributed by atoms with Crippen LogP contribution >= 0.6 is 0 Å². The average molecular weight is 391 g/mol. The molecule has 5 rings (SSSR count). The number of hydrogen-bond donors (Lipinski definition) is 2. The molecule has 2 heterocycles. The number of rotatable bonds is 3. The summed E-state index contributed by atoms with van der Waals surface area (Å²) in [5.41, 5.74) is 3.90. The van der Waals surface area contributed by atoms with Crippen LogP contribution in [-0.4, -0.2) is 31.9 Å². The fraction of sp³-hybridized carbons (Fsp3) is 0.182. The van der Waals surface area contributed by atoms with E-state index in [1.807, 2.05) is 42.5 Å². The van der Waals surface area contributed by atoms with Gasteiger partial charge < -0.3 is 9.88 Å². The van der Waals surface area contributed by atoms with Crippen molar-refractivity contribution in [2.75, 3.05) is 18.3 Å². The highest BCUT2D eigenvalue weighted by Gasteiger charge is 2.22. The Kier molecular flexibility index (Phi) is 3.92. The van der Waals surface area contributed by atoms with Crippen molar-refractivity contribution in [2.24, 2.45) is 0 Å². The first-order valence-electron chi connectivity index (χ1n) is 9.34. The summed E-state index contributed by atoms with van der Waals surface area (Å²) in [5.74, 6) is 0. The van der Waals surface area contributed by atoms with Gasteiger partial charge >= 0.3 is 0 Å². The maximum absolute atomic E-state index is 13.2. The summed E-state index contributed by atoms with van der Waals surface area (Å²) >= 11 is 0. The molecule has 0 atom stereocenters. The lowest BCUT2D eigenvalue weighted by Crippen LogP contribution is -2.26. The van der Waals surface area contributed by atoms with Gasteiger partial charge in [0.1, 0.15) is 0 Å². The molecule has 0 radical (unpaired) electrons. The van der Waals surface area contributed by atoms with Crippen molar-refractivity contribution in [1.82, 2.24) is 9.88 Å². The van der Waals surface area contributed by atoms with E-state index in [1.54, 1.807) is 12.1 Å². The van der Waals surface area contributed by atoms with Gasteiger partial charge in [-0.05, 0) is 36.6 Å². The fourth-order valence-corrected chi connectivity index (χ4v) is 5.42. The van der Waals surface area contributed by atoms with E-state index in [0.29, 0.717) is 10.6 Å². The second kappa shape index (κ2) is 6.36. The molecular formula is C22H21N3O2S. The summed E-state index contributed by atoms with van der Waals surface area (Å²) in [6, 6.07) is 18.7. The second-order valence-corrected chi connectivity index (χ2v) is 9.03. The van der Waals surface area contributed by atoms with E-state index in [2.05, 4.69) is 27.7 Å². The van der Waals surface area contributed by atoms with Gasteiger partial charge in [0.2, 0.25) is 0 Å². The Morgan fingerprint density at radius 1 is 0.964 bits per heavy atom. The molecule has 1 aliphatic rings. The number of aromatic nitrogens is 1. The van der Waals surface area contributed by atoms with Crippen LogP contribution in [0.15, 0.2) is 65.6 Å². The first-order valence-corrected chi connectivity index (χ1v) is 10.8. The highest BCUT2D eigenvalue weighted by molar-refractivity contribution is 7.93. The average Bonchev–Trinajstić information content (AvgIpc) is 3.06. The molecule has 0 saturated carbocycles.